The molecule has 0 saturated heterocycles. The van der Waals surface area contributed by atoms with E-state index in [1.165, 1.54) is 7.11 Å². The first-order valence-electron chi connectivity index (χ1n) is 11.9. The van der Waals surface area contributed by atoms with E-state index in [1.54, 1.807) is 0 Å². The summed E-state index contributed by atoms with van der Waals surface area (Å²) in [5.74, 6) is -0.503. The number of carbonyl (C=O) groups excluding carboxylic acids is 3. The van der Waals surface area contributed by atoms with Crippen molar-refractivity contribution in [3.63, 3.8) is 0 Å². The molecule has 188 valence electrons. The third-order valence-electron chi connectivity index (χ3n) is 5.01. The second-order valence-corrected chi connectivity index (χ2v) is 8.15. The number of rotatable bonds is 19. The van der Waals surface area contributed by atoms with Crippen LogP contribution in [0.3, 0.4) is 0 Å². The average Bonchev–Trinajstić information content (AvgIpc) is 2.76. The van der Waals surface area contributed by atoms with Crippen molar-refractivity contribution >= 4 is 18.0 Å². The third kappa shape index (κ3) is 17.8. The third-order valence-corrected chi connectivity index (χ3v) is 5.01. The summed E-state index contributed by atoms with van der Waals surface area (Å²) in [6.45, 7) is 7.75. The fourth-order valence-electron chi connectivity index (χ4n) is 3.08. The number of nitrogens with one attached hydrogen (secondary N) is 1. The summed E-state index contributed by atoms with van der Waals surface area (Å²) in [7, 11) is 5.41. The molecule has 0 bridgehead atoms. The molecule has 1 N–H and O–H groups in total. The fraction of sp³-hybridized carbons (Fsp3) is 0.870. The van der Waals surface area contributed by atoms with E-state index in [0.717, 1.165) is 38.8 Å². The smallest absolute Gasteiger partial charge is 0.407 e. The number of carbonyl (C=O) groups is 3. The number of hydrogen-bond acceptors (Lipinski definition) is 8. The van der Waals surface area contributed by atoms with Crippen LogP contribution in [0.5, 0.6) is 0 Å². The fourth-order valence-corrected chi connectivity index (χ4v) is 3.08. The van der Waals surface area contributed by atoms with Crippen LogP contribution in [0.25, 0.3) is 0 Å². The Bertz CT molecular complexity index is 516. The van der Waals surface area contributed by atoms with Gasteiger partial charge in [0, 0.05) is 19.6 Å². The van der Waals surface area contributed by atoms with Gasteiger partial charge in [-0.05, 0) is 59.3 Å². The molecule has 1 atom stereocenters. The van der Waals surface area contributed by atoms with Gasteiger partial charge in [0.05, 0.1) is 26.6 Å². The highest BCUT2D eigenvalue weighted by molar-refractivity contribution is 5.70. The molecular weight excluding hydrogens is 414 g/mol. The summed E-state index contributed by atoms with van der Waals surface area (Å²) < 4.78 is 15.3. The lowest BCUT2D eigenvalue weighted by molar-refractivity contribution is -0.144. The molecule has 0 heterocycles. The molecule has 0 aromatic rings. The Kier molecular flexibility index (Phi) is 18.6. The molecule has 0 aliphatic rings. The molecule has 0 spiro atoms. The van der Waals surface area contributed by atoms with E-state index in [1.807, 2.05) is 21.0 Å². The van der Waals surface area contributed by atoms with Crippen molar-refractivity contribution in [3.8, 4) is 0 Å². The lowest BCUT2D eigenvalue weighted by Crippen LogP contribution is -2.32. The van der Waals surface area contributed by atoms with Gasteiger partial charge in [0.15, 0.2) is 0 Å². The first-order valence-corrected chi connectivity index (χ1v) is 11.9. The Labute approximate surface area is 194 Å². The molecule has 0 aromatic heterocycles. The SMILES string of the molecule is CCCC(CC)OC(=O)NCCCCOC(=O)CCN(CCCN(C)C)CCC(=O)OC. The highest BCUT2D eigenvalue weighted by Gasteiger charge is 2.13. The Hall–Kier alpha value is -1.87. The summed E-state index contributed by atoms with van der Waals surface area (Å²) in [6, 6.07) is 0. The highest BCUT2D eigenvalue weighted by Crippen LogP contribution is 2.06. The maximum Gasteiger partial charge on any atom is 0.407 e. The van der Waals surface area contributed by atoms with Crippen LogP contribution in [0.15, 0.2) is 0 Å². The molecule has 0 rings (SSSR count). The van der Waals surface area contributed by atoms with Crippen LogP contribution in [0.2, 0.25) is 0 Å². The predicted molar refractivity (Wildman–Crippen MR) is 125 cm³/mol. The summed E-state index contributed by atoms with van der Waals surface area (Å²) >= 11 is 0. The van der Waals surface area contributed by atoms with Crippen molar-refractivity contribution in [3.05, 3.63) is 0 Å². The van der Waals surface area contributed by atoms with Gasteiger partial charge >= 0.3 is 18.0 Å². The van der Waals surface area contributed by atoms with Crippen molar-refractivity contribution in [2.75, 3.05) is 60.5 Å². The quantitative estimate of drug-likeness (QED) is 0.179. The van der Waals surface area contributed by atoms with Crippen molar-refractivity contribution in [2.24, 2.45) is 0 Å². The number of alkyl carbamates (subject to hydrolysis) is 1. The second kappa shape index (κ2) is 19.8. The minimum Gasteiger partial charge on any atom is -0.469 e. The van der Waals surface area contributed by atoms with Crippen LogP contribution < -0.4 is 5.32 Å². The van der Waals surface area contributed by atoms with Crippen LogP contribution in [0.1, 0.15) is 65.2 Å². The van der Waals surface area contributed by atoms with Crippen molar-refractivity contribution in [2.45, 2.75) is 71.3 Å². The number of ether oxygens (including phenoxy) is 3. The van der Waals surface area contributed by atoms with Gasteiger partial charge in [-0.3, -0.25) is 9.59 Å². The minimum absolute atomic E-state index is 0.0315. The van der Waals surface area contributed by atoms with E-state index in [9.17, 15) is 14.4 Å². The first-order chi connectivity index (χ1) is 15.3. The van der Waals surface area contributed by atoms with Gasteiger partial charge < -0.3 is 29.3 Å². The molecule has 0 fully saturated rings. The summed E-state index contributed by atoms with van der Waals surface area (Å²) in [5.41, 5.74) is 0. The normalized spacial score (nSPS) is 12.0. The molecule has 0 aliphatic carbocycles. The zero-order chi connectivity index (χ0) is 24.2. The number of esters is 2. The number of methoxy groups -OCH3 is 1. The van der Waals surface area contributed by atoms with Gasteiger partial charge in [-0.25, -0.2) is 4.79 Å². The Morgan fingerprint density at radius 3 is 2.19 bits per heavy atom. The minimum atomic E-state index is -0.386. The maximum atomic E-state index is 12.0. The number of hydrogen-bond donors (Lipinski definition) is 1. The first kappa shape index (κ1) is 30.1. The lowest BCUT2D eigenvalue weighted by Gasteiger charge is -2.22. The monoisotopic (exact) mass is 459 g/mol. The number of unbranched alkanes of at least 4 members (excludes halogenated alkanes) is 1. The molecule has 0 saturated carbocycles. The van der Waals surface area contributed by atoms with Gasteiger partial charge in [-0.2, -0.15) is 0 Å². The predicted octanol–water partition coefficient (Wildman–Crippen LogP) is 2.82. The zero-order valence-electron chi connectivity index (χ0n) is 20.8. The Balaban J connectivity index is 4.00. The second-order valence-electron chi connectivity index (χ2n) is 8.15. The van der Waals surface area contributed by atoms with Crippen LogP contribution in [0.4, 0.5) is 4.79 Å². The molecule has 1 amide bonds. The average molecular weight is 460 g/mol. The summed E-state index contributed by atoms with van der Waals surface area (Å²) in [6.07, 6.45) is 5.18. The lowest BCUT2D eigenvalue weighted by atomic mass is 10.2. The van der Waals surface area contributed by atoms with Gasteiger partial charge in [0.2, 0.25) is 0 Å². The van der Waals surface area contributed by atoms with Crippen molar-refractivity contribution < 1.29 is 28.6 Å². The standard InChI is InChI=1S/C23H45N3O6/c1-6-11-20(7-2)32-23(29)24-14-8-9-19-31-22(28)13-18-26(16-10-15-25(3)4)17-12-21(27)30-5/h20H,6-19H2,1-5H3,(H,24,29). The molecule has 9 heteroatoms. The van der Waals surface area contributed by atoms with E-state index in [-0.39, 0.29) is 30.6 Å². The molecular formula is C23H45N3O6. The molecule has 0 aromatic carbocycles. The largest absolute Gasteiger partial charge is 0.469 e. The molecule has 32 heavy (non-hydrogen) atoms. The van der Waals surface area contributed by atoms with E-state index >= 15 is 0 Å². The van der Waals surface area contributed by atoms with Crippen LogP contribution in [-0.2, 0) is 23.8 Å². The summed E-state index contributed by atoms with van der Waals surface area (Å²) in [5, 5.41) is 2.74. The zero-order valence-corrected chi connectivity index (χ0v) is 20.8. The van der Waals surface area contributed by atoms with E-state index < -0.39 is 0 Å². The van der Waals surface area contributed by atoms with Crippen LogP contribution in [-0.4, -0.2) is 94.5 Å². The maximum absolute atomic E-state index is 12.0. The van der Waals surface area contributed by atoms with E-state index in [4.69, 9.17) is 14.2 Å². The Morgan fingerprint density at radius 1 is 0.906 bits per heavy atom. The number of nitrogens with zero attached hydrogens (tertiary/aromatic N) is 2. The number of amides is 1. The van der Waals surface area contributed by atoms with Crippen LogP contribution in [0, 0.1) is 0 Å². The van der Waals surface area contributed by atoms with Crippen molar-refractivity contribution in [1.82, 2.24) is 15.1 Å². The summed E-state index contributed by atoms with van der Waals surface area (Å²) in [4.78, 5) is 39.4. The van der Waals surface area contributed by atoms with E-state index in [0.29, 0.717) is 45.5 Å². The van der Waals surface area contributed by atoms with Gasteiger partial charge in [-0.1, -0.05) is 20.3 Å². The molecule has 0 radical (unpaired) electrons. The Morgan fingerprint density at radius 2 is 1.59 bits per heavy atom. The molecule has 1 unspecified atom stereocenters. The van der Waals surface area contributed by atoms with Gasteiger partial charge in [0.25, 0.3) is 0 Å². The molecule has 9 nitrogen and oxygen atoms in total. The van der Waals surface area contributed by atoms with E-state index in [2.05, 4.69) is 22.0 Å². The van der Waals surface area contributed by atoms with Gasteiger partial charge in [-0.15, -0.1) is 0 Å². The highest BCUT2D eigenvalue weighted by atomic mass is 16.6. The topological polar surface area (TPSA) is 97.4 Å². The van der Waals surface area contributed by atoms with Crippen molar-refractivity contribution in [1.29, 1.82) is 0 Å². The van der Waals surface area contributed by atoms with Crippen LogP contribution >= 0.6 is 0 Å². The molecule has 0 aliphatic heterocycles. The van der Waals surface area contributed by atoms with Gasteiger partial charge in [0.1, 0.15) is 6.10 Å².